The van der Waals surface area contributed by atoms with Crippen LogP contribution in [0, 0.1) is 12.7 Å². The highest BCUT2D eigenvalue weighted by atomic mass is 19.1. The van der Waals surface area contributed by atoms with Crippen LogP contribution in [0.3, 0.4) is 0 Å². The van der Waals surface area contributed by atoms with Crippen molar-refractivity contribution in [3.8, 4) is 0 Å². The average Bonchev–Trinajstić information content (AvgIpc) is 2.96. The summed E-state index contributed by atoms with van der Waals surface area (Å²) in [4.78, 5) is 67.8. The molecule has 1 fully saturated rings. The summed E-state index contributed by atoms with van der Waals surface area (Å²) in [5.74, 6) is -2.33. The number of halogens is 1. The van der Waals surface area contributed by atoms with Gasteiger partial charge < -0.3 is 5.32 Å². The van der Waals surface area contributed by atoms with Crippen LogP contribution in [0.5, 0.6) is 0 Å². The van der Waals surface area contributed by atoms with Crippen LogP contribution in [0.4, 0.5) is 10.1 Å². The fourth-order valence-electron chi connectivity index (χ4n) is 5.30. The maximum atomic E-state index is 14.9. The number of H-pyrrole nitrogens is 1. The molecular formula is C30H23FN6O5. The average molecular weight is 567 g/mol. The first-order chi connectivity index (χ1) is 20.2. The van der Waals surface area contributed by atoms with Crippen LogP contribution >= 0.6 is 0 Å². The predicted octanol–water partition coefficient (Wildman–Crippen LogP) is 2.90. The van der Waals surface area contributed by atoms with E-state index in [1.54, 1.807) is 43.3 Å². The molecule has 3 aromatic carbocycles. The van der Waals surface area contributed by atoms with E-state index in [1.165, 1.54) is 28.8 Å². The minimum absolute atomic E-state index is 0.0432. The number of imide groups is 1. The molecule has 3 N–H and O–H groups in total. The number of amides is 3. The number of aromatic nitrogens is 4. The zero-order chi connectivity index (χ0) is 29.5. The molecule has 0 aliphatic carbocycles. The van der Waals surface area contributed by atoms with E-state index in [2.05, 4.69) is 25.8 Å². The second kappa shape index (κ2) is 10.5. The van der Waals surface area contributed by atoms with Gasteiger partial charge in [-0.05, 0) is 49.2 Å². The standard InChI is InChI=1S/C30H23FN6O5/c1-15-32-21-7-4-8-22(26(21)30(42)37(15)24-11-12-25(38)34-29(24)41)33-27(39)19-13-16(9-10-20(19)31)14-23-17-5-2-3-6-18(17)28(40)36-35-23/h2-10,13,24H,11-12,14H2,1H3,(H,33,39)(H,36,40)(H,34,38,41). The van der Waals surface area contributed by atoms with Crippen molar-refractivity contribution in [2.45, 2.75) is 32.2 Å². The number of nitrogens with one attached hydrogen (secondary N) is 3. The largest absolute Gasteiger partial charge is 0.321 e. The minimum Gasteiger partial charge on any atom is -0.321 e. The summed E-state index contributed by atoms with van der Waals surface area (Å²) in [6.07, 6.45) is 0.412. The van der Waals surface area contributed by atoms with Crippen molar-refractivity contribution in [2.75, 3.05) is 5.32 Å². The second-order valence-electron chi connectivity index (χ2n) is 9.99. The Morgan fingerprint density at radius 3 is 2.62 bits per heavy atom. The molecule has 210 valence electrons. The number of nitrogens with zero attached hydrogens (tertiary/aromatic N) is 3. The quantitative estimate of drug-likeness (QED) is 0.276. The molecule has 2 aromatic heterocycles. The number of aryl methyl sites for hydroxylation is 1. The highest BCUT2D eigenvalue weighted by molar-refractivity contribution is 6.09. The molecule has 3 heterocycles. The molecule has 6 rings (SSSR count). The molecule has 5 aromatic rings. The Morgan fingerprint density at radius 2 is 1.83 bits per heavy atom. The van der Waals surface area contributed by atoms with Gasteiger partial charge in [-0.3, -0.25) is 33.9 Å². The molecule has 0 radical (unpaired) electrons. The van der Waals surface area contributed by atoms with Crippen LogP contribution in [0.25, 0.3) is 21.7 Å². The smallest absolute Gasteiger partial charge is 0.272 e. The van der Waals surface area contributed by atoms with E-state index < -0.39 is 35.1 Å². The number of piperidine rings is 1. The molecular weight excluding hydrogens is 543 g/mol. The Balaban J connectivity index is 1.35. The summed E-state index contributed by atoms with van der Waals surface area (Å²) >= 11 is 0. The van der Waals surface area contributed by atoms with E-state index in [9.17, 15) is 28.4 Å². The van der Waals surface area contributed by atoms with Gasteiger partial charge in [0.05, 0.1) is 33.2 Å². The zero-order valence-electron chi connectivity index (χ0n) is 22.2. The molecule has 1 atom stereocenters. The van der Waals surface area contributed by atoms with E-state index in [4.69, 9.17) is 0 Å². The number of benzene rings is 3. The lowest BCUT2D eigenvalue weighted by Crippen LogP contribution is -2.45. The van der Waals surface area contributed by atoms with Gasteiger partial charge in [0.25, 0.3) is 17.0 Å². The van der Waals surface area contributed by atoms with Gasteiger partial charge in [0.15, 0.2) is 0 Å². The minimum atomic E-state index is -0.942. The highest BCUT2D eigenvalue weighted by Crippen LogP contribution is 2.25. The maximum absolute atomic E-state index is 14.9. The van der Waals surface area contributed by atoms with Crippen molar-refractivity contribution in [1.29, 1.82) is 0 Å². The van der Waals surface area contributed by atoms with Crippen molar-refractivity contribution >= 4 is 45.1 Å². The van der Waals surface area contributed by atoms with E-state index in [-0.39, 0.29) is 52.8 Å². The fraction of sp³-hybridized carbons (Fsp3) is 0.167. The summed E-state index contributed by atoms with van der Waals surface area (Å²) in [6.45, 7) is 1.58. The number of hydrogen-bond donors (Lipinski definition) is 3. The molecule has 3 amide bonds. The van der Waals surface area contributed by atoms with Crippen molar-refractivity contribution < 1.29 is 18.8 Å². The molecule has 0 saturated carbocycles. The number of rotatable bonds is 5. The Morgan fingerprint density at radius 1 is 1.05 bits per heavy atom. The van der Waals surface area contributed by atoms with Crippen molar-refractivity contribution in [3.05, 3.63) is 110 Å². The number of hydrogen-bond acceptors (Lipinski definition) is 7. The summed E-state index contributed by atoms with van der Waals surface area (Å²) in [6, 6.07) is 14.8. The topological polar surface area (TPSA) is 156 Å². The van der Waals surface area contributed by atoms with Crippen LogP contribution in [0.2, 0.25) is 0 Å². The molecule has 1 saturated heterocycles. The number of carbonyl (C=O) groups is 3. The molecule has 12 heteroatoms. The first-order valence-corrected chi connectivity index (χ1v) is 13.1. The van der Waals surface area contributed by atoms with Gasteiger partial charge in [-0.25, -0.2) is 14.5 Å². The van der Waals surface area contributed by atoms with Crippen molar-refractivity contribution in [1.82, 2.24) is 25.1 Å². The molecule has 1 unspecified atom stereocenters. The molecule has 1 aliphatic rings. The third-order valence-corrected chi connectivity index (χ3v) is 7.30. The van der Waals surface area contributed by atoms with Gasteiger partial charge in [0.1, 0.15) is 17.7 Å². The SMILES string of the molecule is Cc1nc2cccc(NC(=O)c3cc(Cc4n[nH]c(=O)c5ccccc45)ccc3F)c2c(=O)n1C1CCC(=O)NC1=O. The van der Waals surface area contributed by atoms with E-state index in [1.807, 2.05) is 0 Å². The zero-order valence-corrected chi connectivity index (χ0v) is 22.2. The molecule has 42 heavy (non-hydrogen) atoms. The summed E-state index contributed by atoms with van der Waals surface area (Å²) in [7, 11) is 0. The Kier molecular flexibility index (Phi) is 6.65. The van der Waals surface area contributed by atoms with Crippen LogP contribution < -0.4 is 21.8 Å². The van der Waals surface area contributed by atoms with Gasteiger partial charge in [-0.1, -0.05) is 30.3 Å². The maximum Gasteiger partial charge on any atom is 0.272 e. The summed E-state index contributed by atoms with van der Waals surface area (Å²) in [5, 5.41) is 12.6. The first-order valence-electron chi connectivity index (χ1n) is 13.1. The normalized spacial score (nSPS) is 15.1. The van der Waals surface area contributed by atoms with Crippen molar-refractivity contribution in [2.24, 2.45) is 0 Å². The van der Waals surface area contributed by atoms with Gasteiger partial charge in [-0.15, -0.1) is 0 Å². The second-order valence-corrected chi connectivity index (χ2v) is 9.99. The third-order valence-electron chi connectivity index (χ3n) is 7.30. The molecule has 0 spiro atoms. The van der Waals surface area contributed by atoms with Gasteiger partial charge in [0, 0.05) is 18.2 Å². The number of anilines is 1. The summed E-state index contributed by atoms with van der Waals surface area (Å²) < 4.78 is 16.1. The molecule has 11 nitrogen and oxygen atoms in total. The predicted molar refractivity (Wildman–Crippen MR) is 152 cm³/mol. The number of fused-ring (bicyclic) bond motifs is 2. The van der Waals surface area contributed by atoms with Crippen molar-refractivity contribution in [3.63, 3.8) is 0 Å². The Labute approximate surface area is 236 Å². The number of aromatic amines is 1. The first kappa shape index (κ1) is 26.7. The van der Waals surface area contributed by atoms with Gasteiger partial charge >= 0.3 is 0 Å². The molecule has 1 aliphatic heterocycles. The van der Waals surface area contributed by atoms with E-state index in [0.717, 1.165) is 0 Å². The van der Waals surface area contributed by atoms with E-state index in [0.29, 0.717) is 22.0 Å². The lowest BCUT2D eigenvalue weighted by atomic mass is 10.0. The fourth-order valence-corrected chi connectivity index (χ4v) is 5.30. The lowest BCUT2D eigenvalue weighted by molar-refractivity contribution is -0.135. The van der Waals surface area contributed by atoms with Crippen LogP contribution in [0.1, 0.15) is 46.3 Å². The van der Waals surface area contributed by atoms with Crippen LogP contribution in [-0.2, 0) is 16.0 Å². The van der Waals surface area contributed by atoms with Crippen LogP contribution in [0.15, 0.2) is 70.3 Å². The Bertz CT molecular complexity index is 2070. The van der Waals surface area contributed by atoms with E-state index >= 15 is 0 Å². The highest BCUT2D eigenvalue weighted by Gasteiger charge is 2.31. The van der Waals surface area contributed by atoms with Gasteiger partial charge in [0.2, 0.25) is 11.8 Å². The molecule has 0 bridgehead atoms. The monoisotopic (exact) mass is 566 g/mol. The lowest BCUT2D eigenvalue weighted by Gasteiger charge is -2.24. The third kappa shape index (κ3) is 4.72. The summed E-state index contributed by atoms with van der Waals surface area (Å²) in [5.41, 5.74) is 0.328. The Hall–Kier alpha value is -5.52. The van der Waals surface area contributed by atoms with Gasteiger partial charge in [-0.2, -0.15) is 5.10 Å². The van der Waals surface area contributed by atoms with Crippen LogP contribution in [-0.4, -0.2) is 37.5 Å². The number of carbonyl (C=O) groups excluding carboxylic acids is 3.